The van der Waals surface area contributed by atoms with Crippen LogP contribution < -0.4 is 11.1 Å². The van der Waals surface area contributed by atoms with Gasteiger partial charge >= 0.3 is 0 Å². The summed E-state index contributed by atoms with van der Waals surface area (Å²) in [6, 6.07) is 10.0. The molecule has 1 unspecified atom stereocenters. The summed E-state index contributed by atoms with van der Waals surface area (Å²) in [4.78, 5) is 0. The van der Waals surface area contributed by atoms with Crippen LogP contribution >= 0.6 is 0 Å². The first-order valence-corrected chi connectivity index (χ1v) is 4.93. The van der Waals surface area contributed by atoms with Crippen molar-refractivity contribution >= 4 is 5.84 Å². The summed E-state index contributed by atoms with van der Waals surface area (Å²) in [6.07, 6.45) is 0. The van der Waals surface area contributed by atoms with Gasteiger partial charge in [0.1, 0.15) is 0 Å². The number of oxime groups is 1. The Kier molecular flexibility index (Phi) is 4.12. The van der Waals surface area contributed by atoms with E-state index in [-0.39, 0.29) is 17.9 Å². The second-order valence-electron chi connectivity index (χ2n) is 3.55. The highest BCUT2D eigenvalue weighted by Gasteiger charge is 2.11. The Hall–Kier alpha value is -1.55. The highest BCUT2D eigenvalue weighted by atomic mass is 16.4. The lowest BCUT2D eigenvalue weighted by Crippen LogP contribution is -2.40. The summed E-state index contributed by atoms with van der Waals surface area (Å²) in [5.41, 5.74) is 6.66. The van der Waals surface area contributed by atoms with Crippen molar-refractivity contribution in [1.29, 1.82) is 0 Å². The molecule has 4 nitrogen and oxygen atoms in total. The van der Waals surface area contributed by atoms with E-state index in [1.807, 2.05) is 44.2 Å². The standard InChI is InChI=1S/C11H17N3O/c1-8(10-6-4-3-5-7-10)13-9(2)11(12)14-15/h3-9,13,15H,1-2H3,(H2,12,14)/t8-,9?/m0/s1. The highest BCUT2D eigenvalue weighted by molar-refractivity contribution is 5.84. The topological polar surface area (TPSA) is 70.6 Å². The lowest BCUT2D eigenvalue weighted by Gasteiger charge is -2.19. The van der Waals surface area contributed by atoms with Gasteiger partial charge in [-0.25, -0.2) is 0 Å². The van der Waals surface area contributed by atoms with Crippen molar-refractivity contribution in [3.63, 3.8) is 0 Å². The van der Waals surface area contributed by atoms with Gasteiger partial charge in [0.25, 0.3) is 0 Å². The van der Waals surface area contributed by atoms with Gasteiger partial charge in [-0.05, 0) is 19.4 Å². The average Bonchev–Trinajstić information content (AvgIpc) is 2.29. The number of rotatable bonds is 4. The number of hydrogen-bond acceptors (Lipinski definition) is 3. The summed E-state index contributed by atoms with van der Waals surface area (Å²) in [5, 5.41) is 14.7. The predicted octanol–water partition coefficient (Wildman–Crippen LogP) is 1.47. The fourth-order valence-corrected chi connectivity index (χ4v) is 1.38. The van der Waals surface area contributed by atoms with E-state index in [1.165, 1.54) is 5.56 Å². The number of benzene rings is 1. The van der Waals surface area contributed by atoms with Crippen LogP contribution in [0.5, 0.6) is 0 Å². The average molecular weight is 207 g/mol. The Morgan fingerprint density at radius 1 is 1.33 bits per heavy atom. The smallest absolute Gasteiger partial charge is 0.156 e. The summed E-state index contributed by atoms with van der Waals surface area (Å²) in [7, 11) is 0. The van der Waals surface area contributed by atoms with E-state index in [9.17, 15) is 0 Å². The number of nitrogens with two attached hydrogens (primary N) is 1. The first-order chi connectivity index (χ1) is 7.15. The molecule has 1 rings (SSSR count). The van der Waals surface area contributed by atoms with Crippen LogP contribution in [0.4, 0.5) is 0 Å². The minimum Gasteiger partial charge on any atom is -0.409 e. The largest absolute Gasteiger partial charge is 0.409 e. The van der Waals surface area contributed by atoms with E-state index in [2.05, 4.69) is 10.5 Å². The molecule has 1 aromatic rings. The molecule has 0 fully saturated rings. The van der Waals surface area contributed by atoms with E-state index in [4.69, 9.17) is 10.9 Å². The first-order valence-electron chi connectivity index (χ1n) is 4.93. The van der Waals surface area contributed by atoms with Crippen molar-refractivity contribution in [2.24, 2.45) is 10.9 Å². The molecule has 0 heterocycles. The van der Waals surface area contributed by atoms with Crippen LogP contribution in [-0.2, 0) is 0 Å². The van der Waals surface area contributed by atoms with Crippen molar-refractivity contribution in [3.8, 4) is 0 Å². The highest BCUT2D eigenvalue weighted by Crippen LogP contribution is 2.11. The second-order valence-corrected chi connectivity index (χ2v) is 3.55. The van der Waals surface area contributed by atoms with Crippen molar-refractivity contribution in [1.82, 2.24) is 5.32 Å². The monoisotopic (exact) mass is 207 g/mol. The molecule has 82 valence electrons. The van der Waals surface area contributed by atoms with Crippen LogP contribution in [0.15, 0.2) is 35.5 Å². The number of hydrogen-bond donors (Lipinski definition) is 3. The molecule has 0 spiro atoms. The Labute approximate surface area is 89.8 Å². The third-order valence-corrected chi connectivity index (χ3v) is 2.36. The van der Waals surface area contributed by atoms with Gasteiger partial charge in [0.2, 0.25) is 0 Å². The van der Waals surface area contributed by atoms with Gasteiger partial charge in [0.15, 0.2) is 5.84 Å². The zero-order chi connectivity index (χ0) is 11.3. The Balaban J connectivity index is 2.60. The molecule has 0 amide bonds. The molecule has 0 radical (unpaired) electrons. The van der Waals surface area contributed by atoms with Crippen molar-refractivity contribution in [3.05, 3.63) is 35.9 Å². The molecule has 0 saturated heterocycles. The van der Waals surface area contributed by atoms with Crippen molar-refractivity contribution < 1.29 is 5.21 Å². The van der Waals surface area contributed by atoms with E-state index < -0.39 is 0 Å². The summed E-state index contributed by atoms with van der Waals surface area (Å²) >= 11 is 0. The van der Waals surface area contributed by atoms with Crippen molar-refractivity contribution in [2.45, 2.75) is 25.9 Å². The van der Waals surface area contributed by atoms with Crippen LogP contribution in [0.1, 0.15) is 25.5 Å². The molecule has 2 atom stereocenters. The quantitative estimate of drug-likeness (QED) is 0.303. The maximum Gasteiger partial charge on any atom is 0.156 e. The molecular formula is C11H17N3O. The van der Waals surface area contributed by atoms with Crippen LogP contribution in [0.2, 0.25) is 0 Å². The number of nitrogens with one attached hydrogen (secondary N) is 1. The van der Waals surface area contributed by atoms with Gasteiger partial charge in [-0.15, -0.1) is 0 Å². The fraction of sp³-hybridized carbons (Fsp3) is 0.364. The maximum absolute atomic E-state index is 8.51. The summed E-state index contributed by atoms with van der Waals surface area (Å²) < 4.78 is 0. The molecule has 0 aromatic heterocycles. The normalized spacial score (nSPS) is 16.0. The van der Waals surface area contributed by atoms with E-state index in [0.717, 1.165) is 0 Å². The van der Waals surface area contributed by atoms with Crippen LogP contribution in [0, 0.1) is 0 Å². The zero-order valence-electron chi connectivity index (χ0n) is 9.01. The summed E-state index contributed by atoms with van der Waals surface area (Å²) in [5.74, 6) is 0.192. The van der Waals surface area contributed by atoms with Crippen LogP contribution in [0.3, 0.4) is 0 Å². The maximum atomic E-state index is 8.51. The third kappa shape index (κ3) is 3.25. The molecule has 4 N–H and O–H groups in total. The van der Waals surface area contributed by atoms with Crippen molar-refractivity contribution in [2.75, 3.05) is 0 Å². The SMILES string of the molecule is CC(N[C@@H](C)c1ccccc1)C(N)=NO. The fourth-order valence-electron chi connectivity index (χ4n) is 1.38. The number of nitrogens with zero attached hydrogens (tertiary/aromatic N) is 1. The van der Waals surface area contributed by atoms with Crippen LogP contribution in [-0.4, -0.2) is 17.1 Å². The van der Waals surface area contributed by atoms with Gasteiger partial charge in [0.05, 0.1) is 6.04 Å². The molecule has 0 bridgehead atoms. The van der Waals surface area contributed by atoms with Crippen LogP contribution in [0.25, 0.3) is 0 Å². The molecule has 0 aliphatic carbocycles. The summed E-state index contributed by atoms with van der Waals surface area (Å²) in [6.45, 7) is 3.89. The second kappa shape index (κ2) is 5.36. The van der Waals surface area contributed by atoms with E-state index in [1.54, 1.807) is 0 Å². The van der Waals surface area contributed by atoms with Gasteiger partial charge in [-0.3, -0.25) is 0 Å². The van der Waals surface area contributed by atoms with E-state index in [0.29, 0.717) is 0 Å². The first kappa shape index (κ1) is 11.5. The Morgan fingerprint density at radius 3 is 2.47 bits per heavy atom. The molecule has 0 saturated carbocycles. The minimum atomic E-state index is -0.148. The third-order valence-electron chi connectivity index (χ3n) is 2.36. The predicted molar refractivity (Wildman–Crippen MR) is 60.9 cm³/mol. The van der Waals surface area contributed by atoms with Gasteiger partial charge in [-0.2, -0.15) is 0 Å². The molecule has 1 aromatic carbocycles. The lowest BCUT2D eigenvalue weighted by molar-refractivity contribution is 0.314. The molecule has 15 heavy (non-hydrogen) atoms. The molecule has 0 aliphatic rings. The molecule has 4 heteroatoms. The minimum absolute atomic E-state index is 0.148. The zero-order valence-corrected chi connectivity index (χ0v) is 9.01. The molecular weight excluding hydrogens is 190 g/mol. The Morgan fingerprint density at radius 2 is 1.93 bits per heavy atom. The van der Waals surface area contributed by atoms with E-state index >= 15 is 0 Å². The lowest BCUT2D eigenvalue weighted by atomic mass is 10.1. The molecule has 0 aliphatic heterocycles. The Bertz CT molecular complexity index is 324. The van der Waals surface area contributed by atoms with Gasteiger partial charge < -0.3 is 16.3 Å². The number of amidine groups is 1. The van der Waals surface area contributed by atoms with Gasteiger partial charge in [-0.1, -0.05) is 35.5 Å². The van der Waals surface area contributed by atoms with Gasteiger partial charge in [0, 0.05) is 6.04 Å².